The van der Waals surface area contributed by atoms with Gasteiger partial charge in [-0.15, -0.1) is 0 Å². The highest BCUT2D eigenvalue weighted by atomic mass is 35.5. The van der Waals surface area contributed by atoms with Crippen LogP contribution in [0.5, 0.6) is 5.75 Å². The first-order valence-electron chi connectivity index (χ1n) is 8.50. The fourth-order valence-corrected chi connectivity index (χ4v) is 4.37. The largest absolute Gasteiger partial charge is 0.484 e. The van der Waals surface area contributed by atoms with Gasteiger partial charge in [-0.25, -0.2) is 13.4 Å². The van der Waals surface area contributed by atoms with Crippen LogP contribution in [-0.4, -0.2) is 65.9 Å². The molecule has 1 aromatic heterocycles. The van der Waals surface area contributed by atoms with E-state index in [1.807, 2.05) is 0 Å². The second-order valence-corrected chi connectivity index (χ2v) is 8.58. The van der Waals surface area contributed by atoms with Crippen molar-refractivity contribution in [1.82, 2.24) is 18.8 Å². The van der Waals surface area contributed by atoms with Crippen molar-refractivity contribution >= 4 is 27.5 Å². The van der Waals surface area contributed by atoms with Crippen molar-refractivity contribution in [2.45, 2.75) is 11.4 Å². The lowest BCUT2D eigenvalue weighted by Crippen LogP contribution is -2.39. The molecule has 0 spiro atoms. The fraction of sp³-hybridized carbons (Fsp3) is 0.412. The number of sulfonamides is 1. The van der Waals surface area contributed by atoms with Crippen LogP contribution in [0.3, 0.4) is 0 Å². The lowest BCUT2D eigenvalue weighted by Gasteiger charge is -2.21. The van der Waals surface area contributed by atoms with Gasteiger partial charge < -0.3 is 14.2 Å². The van der Waals surface area contributed by atoms with Gasteiger partial charge in [0.25, 0.3) is 15.9 Å². The van der Waals surface area contributed by atoms with Crippen LogP contribution in [0, 0.1) is 0 Å². The number of ether oxygens (including phenoxy) is 1. The standard InChI is InChI=1S/C17H21ClN4O4S/c1-20-11-16(19-13-20)27(24,25)22-8-2-7-21(9-10-22)17(23)12-26-15-5-3-14(18)4-6-15/h3-6,11,13H,2,7-10,12H2,1H3. The van der Waals surface area contributed by atoms with Crippen LogP contribution in [0.15, 0.2) is 41.8 Å². The molecule has 2 aromatic rings. The quantitative estimate of drug-likeness (QED) is 0.740. The summed E-state index contributed by atoms with van der Waals surface area (Å²) >= 11 is 5.82. The second-order valence-electron chi connectivity index (χ2n) is 6.26. The van der Waals surface area contributed by atoms with E-state index in [-0.39, 0.29) is 24.1 Å². The molecular formula is C17H21ClN4O4S. The lowest BCUT2D eigenvalue weighted by atomic mass is 10.3. The van der Waals surface area contributed by atoms with Gasteiger partial charge in [0.05, 0.1) is 6.33 Å². The highest BCUT2D eigenvalue weighted by Gasteiger charge is 2.29. The molecule has 1 aliphatic rings. The van der Waals surface area contributed by atoms with E-state index in [4.69, 9.17) is 16.3 Å². The van der Waals surface area contributed by atoms with Crippen molar-refractivity contribution in [1.29, 1.82) is 0 Å². The third-order valence-corrected chi connectivity index (χ3v) is 6.31. The summed E-state index contributed by atoms with van der Waals surface area (Å²) < 4.78 is 33.8. The Morgan fingerprint density at radius 2 is 1.93 bits per heavy atom. The number of nitrogens with zero attached hydrogens (tertiary/aromatic N) is 4. The monoisotopic (exact) mass is 412 g/mol. The van der Waals surface area contributed by atoms with E-state index in [0.29, 0.717) is 36.8 Å². The maximum absolute atomic E-state index is 12.7. The van der Waals surface area contributed by atoms with Crippen LogP contribution < -0.4 is 4.74 Å². The number of amides is 1. The Labute approximate surface area is 163 Å². The maximum Gasteiger partial charge on any atom is 0.262 e. The number of imidazole rings is 1. The van der Waals surface area contributed by atoms with Gasteiger partial charge in [0.1, 0.15) is 5.75 Å². The molecular weight excluding hydrogens is 392 g/mol. The first-order chi connectivity index (χ1) is 12.9. The minimum atomic E-state index is -3.65. The highest BCUT2D eigenvalue weighted by molar-refractivity contribution is 7.89. The summed E-state index contributed by atoms with van der Waals surface area (Å²) in [6, 6.07) is 6.76. The van der Waals surface area contributed by atoms with Crippen LogP contribution in [0.4, 0.5) is 0 Å². The van der Waals surface area contributed by atoms with E-state index < -0.39 is 10.0 Å². The number of aromatic nitrogens is 2. The number of hydrogen-bond donors (Lipinski definition) is 0. The Bertz CT molecular complexity index is 898. The van der Waals surface area contributed by atoms with E-state index in [0.717, 1.165) is 0 Å². The third-order valence-electron chi connectivity index (χ3n) is 4.27. The van der Waals surface area contributed by atoms with Gasteiger partial charge in [-0.3, -0.25) is 4.79 Å². The minimum Gasteiger partial charge on any atom is -0.484 e. The lowest BCUT2D eigenvalue weighted by molar-refractivity contribution is -0.133. The first kappa shape index (κ1) is 19.7. The molecule has 0 aliphatic carbocycles. The topological polar surface area (TPSA) is 84.7 Å². The zero-order chi connectivity index (χ0) is 19.4. The Morgan fingerprint density at radius 1 is 1.19 bits per heavy atom. The van der Waals surface area contributed by atoms with Crippen LogP contribution in [-0.2, 0) is 21.9 Å². The molecule has 0 atom stereocenters. The Kier molecular flexibility index (Phi) is 6.03. The summed E-state index contributed by atoms with van der Waals surface area (Å²) in [7, 11) is -1.94. The van der Waals surface area contributed by atoms with Crippen molar-refractivity contribution < 1.29 is 17.9 Å². The van der Waals surface area contributed by atoms with E-state index >= 15 is 0 Å². The van der Waals surface area contributed by atoms with E-state index in [9.17, 15) is 13.2 Å². The molecule has 0 bridgehead atoms. The van der Waals surface area contributed by atoms with Crippen LogP contribution in [0.25, 0.3) is 0 Å². The summed E-state index contributed by atoms with van der Waals surface area (Å²) in [5.41, 5.74) is 0. The molecule has 1 aliphatic heterocycles. The van der Waals surface area contributed by atoms with Crippen LogP contribution in [0.1, 0.15) is 6.42 Å². The summed E-state index contributed by atoms with van der Waals surface area (Å²) in [5, 5.41) is 0.617. The molecule has 0 N–H and O–H groups in total. The molecule has 2 heterocycles. The number of halogens is 1. The van der Waals surface area contributed by atoms with Gasteiger partial charge in [-0.05, 0) is 30.7 Å². The highest BCUT2D eigenvalue weighted by Crippen LogP contribution is 2.17. The van der Waals surface area contributed by atoms with Gasteiger partial charge in [0.15, 0.2) is 11.6 Å². The van der Waals surface area contributed by atoms with Crippen molar-refractivity contribution in [3.8, 4) is 5.75 Å². The zero-order valence-electron chi connectivity index (χ0n) is 14.9. The Morgan fingerprint density at radius 3 is 2.59 bits per heavy atom. The SMILES string of the molecule is Cn1cnc(S(=O)(=O)N2CCCN(C(=O)COc3ccc(Cl)cc3)CC2)c1. The zero-order valence-corrected chi connectivity index (χ0v) is 16.5. The number of carbonyl (C=O) groups is 1. The molecule has 1 aromatic carbocycles. The van der Waals surface area contributed by atoms with Crippen molar-refractivity contribution in [2.75, 3.05) is 32.8 Å². The van der Waals surface area contributed by atoms with Crippen LogP contribution >= 0.6 is 11.6 Å². The normalized spacial score (nSPS) is 16.1. The number of benzene rings is 1. The average Bonchev–Trinajstić information content (AvgIpc) is 2.93. The maximum atomic E-state index is 12.7. The molecule has 0 unspecified atom stereocenters. The average molecular weight is 413 g/mol. The molecule has 1 saturated heterocycles. The Hall–Kier alpha value is -2.10. The molecule has 3 rings (SSSR count). The van der Waals surface area contributed by atoms with Gasteiger partial charge in [0.2, 0.25) is 0 Å². The molecule has 1 amide bonds. The summed E-state index contributed by atoms with van der Waals surface area (Å²) in [6.07, 6.45) is 3.48. The Balaban J connectivity index is 1.57. The third kappa shape index (κ3) is 4.79. The summed E-state index contributed by atoms with van der Waals surface area (Å²) in [6.45, 7) is 1.27. The van der Waals surface area contributed by atoms with E-state index in [2.05, 4.69) is 4.98 Å². The van der Waals surface area contributed by atoms with Gasteiger partial charge >= 0.3 is 0 Å². The van der Waals surface area contributed by atoms with E-state index in [1.165, 1.54) is 16.8 Å². The summed E-state index contributed by atoms with van der Waals surface area (Å²) in [4.78, 5) is 18.0. The molecule has 0 saturated carbocycles. The van der Waals surface area contributed by atoms with Crippen molar-refractivity contribution in [2.24, 2.45) is 7.05 Å². The van der Waals surface area contributed by atoms with Gasteiger partial charge in [-0.2, -0.15) is 4.31 Å². The summed E-state index contributed by atoms with van der Waals surface area (Å²) in [5.74, 6) is 0.379. The molecule has 27 heavy (non-hydrogen) atoms. The van der Waals surface area contributed by atoms with Gasteiger partial charge in [0, 0.05) is 44.4 Å². The number of hydrogen-bond acceptors (Lipinski definition) is 5. The van der Waals surface area contributed by atoms with Gasteiger partial charge in [-0.1, -0.05) is 11.6 Å². The van der Waals surface area contributed by atoms with Crippen LogP contribution in [0.2, 0.25) is 5.02 Å². The molecule has 10 heteroatoms. The predicted molar refractivity (Wildman–Crippen MR) is 100 cm³/mol. The van der Waals surface area contributed by atoms with E-state index in [1.54, 1.807) is 40.8 Å². The molecule has 146 valence electrons. The number of carbonyl (C=O) groups excluding carboxylic acids is 1. The van der Waals surface area contributed by atoms with Crippen molar-refractivity contribution in [3.63, 3.8) is 0 Å². The molecule has 0 radical (unpaired) electrons. The smallest absolute Gasteiger partial charge is 0.262 e. The molecule has 8 nitrogen and oxygen atoms in total. The molecule has 1 fully saturated rings. The van der Waals surface area contributed by atoms with Crippen molar-refractivity contribution in [3.05, 3.63) is 41.8 Å². The second kappa shape index (κ2) is 8.28. The first-order valence-corrected chi connectivity index (χ1v) is 10.3. The minimum absolute atomic E-state index is 0.0239. The number of aryl methyl sites for hydroxylation is 1. The fourth-order valence-electron chi connectivity index (χ4n) is 2.81. The number of rotatable bonds is 5. The predicted octanol–water partition coefficient (Wildman–Crippen LogP) is 1.38.